The molecule has 0 fully saturated rings. The van der Waals surface area contributed by atoms with Crippen LogP contribution in [0.25, 0.3) is 11.4 Å². The van der Waals surface area contributed by atoms with E-state index in [1.165, 1.54) is 6.07 Å². The second-order valence-electron chi connectivity index (χ2n) is 10.2. The number of carbonyl (C=O) groups excluding carboxylic acids is 2. The summed E-state index contributed by atoms with van der Waals surface area (Å²) in [7, 11) is 0. The zero-order valence-corrected chi connectivity index (χ0v) is 22.4. The number of nitrogens with one attached hydrogen (secondary N) is 2. The number of amides is 1. The van der Waals surface area contributed by atoms with Gasteiger partial charge in [0.05, 0.1) is 17.5 Å². The Labute approximate surface area is 229 Å². The summed E-state index contributed by atoms with van der Waals surface area (Å²) in [5.41, 5.74) is 1.06. The average Bonchev–Trinajstić information content (AvgIpc) is 3.62. The number of H-pyrrole nitrogens is 1. The lowest BCUT2D eigenvalue weighted by atomic mass is 9.80. The van der Waals surface area contributed by atoms with Crippen LogP contribution in [0, 0.1) is 0 Å². The first-order valence-corrected chi connectivity index (χ1v) is 12.9. The normalized spacial score (nSPS) is 13.2. The highest BCUT2D eigenvalue weighted by molar-refractivity contribution is 5.95. The monoisotopic (exact) mass is 543 g/mol. The third-order valence-corrected chi connectivity index (χ3v) is 6.81. The van der Waals surface area contributed by atoms with Crippen LogP contribution in [0.5, 0.6) is 11.5 Å². The molecule has 40 heavy (non-hydrogen) atoms. The van der Waals surface area contributed by atoms with Gasteiger partial charge in [0.15, 0.2) is 28.7 Å². The standard InChI is InChI=1S/C29H29N5O6/c1-17(30-24(36)14-20-15-25(37)32-28(31-20)18-7-5-4-6-8-18)9-11-21(35)26-27(40-34-33-26)29(2,3)19-10-12-22-23(13-19)39-16-38-22/h4-8,10,12-13,15,17H,9,11,14,16H2,1-3H3,(H,30,36)(H,31,32,37). The number of Topliss-reactive ketones (excluding diaryl/α,β-unsaturated/α-hetero) is 1. The minimum absolute atomic E-state index is 0.0664. The van der Waals surface area contributed by atoms with E-state index in [4.69, 9.17) is 14.0 Å². The summed E-state index contributed by atoms with van der Waals surface area (Å²) in [5.74, 6) is 1.49. The molecule has 11 heteroatoms. The Hall–Kier alpha value is -4.80. The van der Waals surface area contributed by atoms with E-state index in [2.05, 4.69) is 25.7 Å². The maximum atomic E-state index is 13.1. The van der Waals surface area contributed by atoms with Crippen molar-refractivity contribution in [2.75, 3.05) is 6.79 Å². The Balaban J connectivity index is 1.19. The van der Waals surface area contributed by atoms with Gasteiger partial charge in [0.2, 0.25) is 12.7 Å². The van der Waals surface area contributed by atoms with Crippen LogP contribution in [0.3, 0.4) is 0 Å². The Morgan fingerprint density at radius 1 is 1.07 bits per heavy atom. The number of benzene rings is 2. The Morgan fingerprint density at radius 3 is 2.65 bits per heavy atom. The van der Waals surface area contributed by atoms with Crippen molar-refractivity contribution in [3.8, 4) is 22.9 Å². The maximum absolute atomic E-state index is 13.1. The topological polar surface area (TPSA) is 149 Å². The highest BCUT2D eigenvalue weighted by atomic mass is 16.7. The van der Waals surface area contributed by atoms with E-state index in [0.717, 1.165) is 11.1 Å². The second-order valence-corrected chi connectivity index (χ2v) is 10.2. The number of fused-ring (bicyclic) bond motifs is 1. The molecular formula is C29H29N5O6. The van der Waals surface area contributed by atoms with Gasteiger partial charge in [-0.1, -0.05) is 36.4 Å². The molecule has 2 N–H and O–H groups in total. The van der Waals surface area contributed by atoms with Crippen molar-refractivity contribution in [1.29, 1.82) is 0 Å². The molecule has 1 aliphatic heterocycles. The summed E-state index contributed by atoms with van der Waals surface area (Å²) >= 11 is 0. The summed E-state index contributed by atoms with van der Waals surface area (Å²) in [4.78, 5) is 45.0. The first kappa shape index (κ1) is 26.8. The summed E-state index contributed by atoms with van der Waals surface area (Å²) < 4.78 is 16.3. The van der Waals surface area contributed by atoms with E-state index < -0.39 is 5.41 Å². The molecule has 5 rings (SSSR count). The fourth-order valence-electron chi connectivity index (χ4n) is 4.56. The molecule has 206 valence electrons. The third kappa shape index (κ3) is 5.78. The number of nitrogens with zero attached hydrogens (tertiary/aromatic N) is 3. The number of carbonyl (C=O) groups is 2. The van der Waals surface area contributed by atoms with Crippen LogP contribution in [0.2, 0.25) is 0 Å². The molecule has 0 aliphatic carbocycles. The number of hydrogen-bond donors (Lipinski definition) is 2. The van der Waals surface area contributed by atoms with Crippen molar-refractivity contribution >= 4 is 11.7 Å². The lowest BCUT2D eigenvalue weighted by Gasteiger charge is -2.22. The molecule has 0 bridgehead atoms. The van der Waals surface area contributed by atoms with Crippen LogP contribution >= 0.6 is 0 Å². The molecule has 0 spiro atoms. The molecule has 2 aromatic carbocycles. The lowest BCUT2D eigenvalue weighted by Crippen LogP contribution is -2.34. The predicted molar refractivity (Wildman–Crippen MR) is 144 cm³/mol. The molecule has 0 radical (unpaired) electrons. The van der Waals surface area contributed by atoms with Gasteiger partial charge in [0, 0.05) is 29.4 Å². The van der Waals surface area contributed by atoms with Crippen molar-refractivity contribution in [3.63, 3.8) is 0 Å². The zero-order valence-electron chi connectivity index (χ0n) is 22.4. The van der Waals surface area contributed by atoms with E-state index in [1.54, 1.807) is 0 Å². The fourth-order valence-corrected chi connectivity index (χ4v) is 4.56. The van der Waals surface area contributed by atoms with Gasteiger partial charge in [-0.15, -0.1) is 5.10 Å². The molecule has 0 saturated heterocycles. The maximum Gasteiger partial charge on any atom is 0.251 e. The van der Waals surface area contributed by atoms with Crippen LogP contribution in [0.4, 0.5) is 0 Å². The zero-order chi connectivity index (χ0) is 28.3. The number of hydrogen-bond acceptors (Lipinski definition) is 9. The van der Waals surface area contributed by atoms with Gasteiger partial charge in [-0.25, -0.2) is 4.98 Å². The number of ether oxygens (including phenoxy) is 2. The molecule has 1 atom stereocenters. The number of aromatic nitrogens is 4. The summed E-state index contributed by atoms with van der Waals surface area (Å²) in [6.07, 6.45) is 0.434. The summed E-state index contributed by atoms with van der Waals surface area (Å²) in [6, 6.07) is 15.8. The van der Waals surface area contributed by atoms with Gasteiger partial charge in [0.25, 0.3) is 5.56 Å². The van der Waals surface area contributed by atoms with E-state index >= 15 is 0 Å². The number of aromatic amines is 1. The number of ketones is 1. The van der Waals surface area contributed by atoms with Crippen molar-refractivity contribution < 1.29 is 23.6 Å². The van der Waals surface area contributed by atoms with Crippen LogP contribution < -0.4 is 20.3 Å². The third-order valence-electron chi connectivity index (χ3n) is 6.81. The smallest absolute Gasteiger partial charge is 0.251 e. The SMILES string of the molecule is CC(CCC(=O)c1nnoc1C(C)(C)c1ccc2c(c1)OCO2)NC(=O)Cc1cc(=O)[nH]c(-c2ccccc2)n1. The number of rotatable bonds is 10. The molecule has 4 aromatic rings. The highest BCUT2D eigenvalue weighted by Crippen LogP contribution is 2.40. The Kier molecular flexibility index (Phi) is 7.45. The van der Waals surface area contributed by atoms with Crippen molar-refractivity contribution in [1.82, 2.24) is 25.7 Å². The molecule has 0 saturated carbocycles. The summed E-state index contributed by atoms with van der Waals surface area (Å²) in [5, 5.41) is 10.5. The lowest BCUT2D eigenvalue weighted by molar-refractivity contribution is -0.121. The van der Waals surface area contributed by atoms with Gasteiger partial charge in [-0.2, -0.15) is 0 Å². The van der Waals surface area contributed by atoms with Crippen molar-refractivity contribution in [3.05, 3.63) is 87.7 Å². The van der Waals surface area contributed by atoms with Crippen molar-refractivity contribution in [2.24, 2.45) is 0 Å². The molecule has 1 aliphatic rings. The van der Waals surface area contributed by atoms with E-state index in [-0.39, 0.29) is 48.6 Å². The molecule has 1 unspecified atom stereocenters. The first-order valence-electron chi connectivity index (χ1n) is 12.9. The predicted octanol–water partition coefficient (Wildman–Crippen LogP) is 3.58. The van der Waals surface area contributed by atoms with Gasteiger partial charge in [0.1, 0.15) is 5.82 Å². The minimum atomic E-state index is -0.714. The van der Waals surface area contributed by atoms with Gasteiger partial charge in [-0.05, 0) is 44.9 Å². The molecule has 3 heterocycles. The largest absolute Gasteiger partial charge is 0.454 e. The van der Waals surface area contributed by atoms with Crippen LogP contribution in [0.1, 0.15) is 61.1 Å². The molecule has 11 nitrogen and oxygen atoms in total. The van der Waals surface area contributed by atoms with Crippen LogP contribution in [-0.2, 0) is 16.6 Å². The Morgan fingerprint density at radius 2 is 1.85 bits per heavy atom. The van der Waals surface area contributed by atoms with Gasteiger partial charge < -0.3 is 24.3 Å². The molecule has 1 amide bonds. The fraction of sp³-hybridized carbons (Fsp3) is 0.310. The highest BCUT2D eigenvalue weighted by Gasteiger charge is 2.35. The van der Waals surface area contributed by atoms with Crippen molar-refractivity contribution in [2.45, 2.75) is 51.5 Å². The van der Waals surface area contributed by atoms with Gasteiger partial charge >= 0.3 is 0 Å². The minimum Gasteiger partial charge on any atom is -0.454 e. The van der Waals surface area contributed by atoms with Crippen LogP contribution in [-0.4, -0.2) is 44.9 Å². The molecular weight excluding hydrogens is 514 g/mol. The second kappa shape index (κ2) is 11.1. The van der Waals surface area contributed by atoms with E-state index in [1.807, 2.05) is 69.3 Å². The van der Waals surface area contributed by atoms with Gasteiger partial charge in [-0.3, -0.25) is 14.4 Å². The van der Waals surface area contributed by atoms with Crippen LogP contribution in [0.15, 0.2) is 63.9 Å². The Bertz CT molecular complexity index is 1590. The molecule has 2 aromatic heterocycles. The quantitative estimate of drug-likeness (QED) is 0.286. The first-order chi connectivity index (χ1) is 19.2. The average molecular weight is 544 g/mol. The van der Waals surface area contributed by atoms with E-state index in [9.17, 15) is 14.4 Å². The van der Waals surface area contributed by atoms with E-state index in [0.29, 0.717) is 35.2 Å². The summed E-state index contributed by atoms with van der Waals surface area (Å²) in [6.45, 7) is 5.80.